The van der Waals surface area contributed by atoms with E-state index in [0.717, 1.165) is 25.7 Å². The molecule has 5 atom stereocenters. The highest BCUT2D eigenvalue weighted by Crippen LogP contribution is 2.47. The summed E-state index contributed by atoms with van der Waals surface area (Å²) in [6.07, 6.45) is 7.94. The number of methoxy groups -OCH3 is 1. The Kier molecular flexibility index (Phi) is 9.76. The van der Waals surface area contributed by atoms with Crippen LogP contribution >= 0.6 is 0 Å². The van der Waals surface area contributed by atoms with Crippen LogP contribution < -0.4 is 30.0 Å². The van der Waals surface area contributed by atoms with E-state index in [0.29, 0.717) is 30.4 Å². The highest BCUT2D eigenvalue weighted by molar-refractivity contribution is 7.91. The summed E-state index contributed by atoms with van der Waals surface area (Å²) in [4.78, 5) is 47.7. The molecular weight excluding hydrogens is 669 g/mol. The van der Waals surface area contributed by atoms with Crippen molar-refractivity contribution in [1.29, 1.82) is 0 Å². The van der Waals surface area contributed by atoms with Crippen LogP contribution in [-0.2, 0) is 24.4 Å². The van der Waals surface area contributed by atoms with Crippen molar-refractivity contribution < 1.29 is 47.1 Å². The van der Waals surface area contributed by atoms with E-state index in [9.17, 15) is 27.2 Å². The minimum absolute atomic E-state index is 0.0424. The van der Waals surface area contributed by atoms with Crippen molar-refractivity contribution >= 4 is 38.6 Å². The lowest BCUT2D eigenvalue weighted by Crippen LogP contribution is -2.69. The zero-order chi connectivity index (χ0) is 36.0. The molecule has 0 radical (unpaired) electrons. The van der Waals surface area contributed by atoms with Gasteiger partial charge < -0.3 is 30.2 Å². The predicted octanol–water partition coefficient (Wildman–Crippen LogP) is 2.52. The Bertz CT molecular complexity index is 1820. The molecule has 272 valence electrons. The van der Waals surface area contributed by atoms with Crippen molar-refractivity contribution in [2.24, 2.45) is 5.92 Å². The fraction of sp³-hybridized carbons (Fsp3) is 0.600. The number of carbonyl (C=O) groups excluding carboxylic acids is 3. The second-order valence-electron chi connectivity index (χ2n) is 14.5. The molecule has 2 aromatic rings. The number of nitrogens with one attached hydrogen (secondary N) is 2. The first-order chi connectivity index (χ1) is 23.7. The minimum atomic E-state index is -3.96. The number of halogens is 1. The molecule has 0 unspecified atom stereocenters. The van der Waals surface area contributed by atoms with Crippen molar-refractivity contribution in [3.8, 4) is 17.4 Å². The number of allylic oxidation sites excluding steroid dienone is 1. The van der Waals surface area contributed by atoms with E-state index in [-0.39, 0.29) is 48.5 Å². The van der Waals surface area contributed by atoms with Gasteiger partial charge in [-0.2, -0.15) is 0 Å². The summed E-state index contributed by atoms with van der Waals surface area (Å²) in [5.41, 5.74) is 2.83. The molecule has 1 aromatic heterocycles. The van der Waals surface area contributed by atoms with Gasteiger partial charge in [-0.25, -0.2) is 17.8 Å². The summed E-state index contributed by atoms with van der Waals surface area (Å²) in [6.45, 7) is 5.28. The maximum atomic E-state index is 14.7. The van der Waals surface area contributed by atoms with E-state index in [2.05, 4.69) is 20.8 Å². The lowest BCUT2D eigenvalue weighted by atomic mass is 10.1. The molecular formula is C35H47FN5O8S+. The van der Waals surface area contributed by atoms with Gasteiger partial charge in [0, 0.05) is 30.2 Å². The number of aromatic nitrogens is 1. The molecule has 5 N–H and O–H groups in total. The largest absolute Gasteiger partial charge is 0.491 e. The third-order valence-corrected chi connectivity index (χ3v) is 12.4. The zero-order valence-corrected chi connectivity index (χ0v) is 29.8. The third kappa shape index (κ3) is 6.98. The summed E-state index contributed by atoms with van der Waals surface area (Å²) < 4.78 is 59.7. The lowest BCUT2D eigenvalue weighted by molar-refractivity contribution is -0.407. The Morgan fingerprint density at radius 2 is 1.96 bits per heavy atom. The van der Waals surface area contributed by atoms with Crippen LogP contribution in [0.1, 0.15) is 78.6 Å². The molecule has 0 bridgehead atoms. The van der Waals surface area contributed by atoms with Gasteiger partial charge in [-0.1, -0.05) is 18.6 Å². The van der Waals surface area contributed by atoms with Gasteiger partial charge in [-0.15, -0.1) is 0 Å². The number of pyridine rings is 1. The van der Waals surface area contributed by atoms with Crippen LogP contribution in [0.2, 0.25) is 0 Å². The smallest absolute Gasteiger partial charge is 0.281 e. The van der Waals surface area contributed by atoms with Crippen molar-refractivity contribution in [3.05, 3.63) is 36.2 Å². The van der Waals surface area contributed by atoms with Gasteiger partial charge in [0.2, 0.25) is 21.8 Å². The number of hydrogen-bond acceptors (Lipinski definition) is 9. The van der Waals surface area contributed by atoms with Crippen molar-refractivity contribution in [3.63, 3.8) is 0 Å². The summed E-state index contributed by atoms with van der Waals surface area (Å²) >= 11 is 0. The van der Waals surface area contributed by atoms with Gasteiger partial charge in [0.05, 0.1) is 24.5 Å². The molecule has 3 fully saturated rings. The SMILES string of the molecule is COc1c(F)ccc2c(O[C@@H]3C[C@H]4C(=O)N[C@]5(C(=O)NS(=O)(=O)C6(C)CC6)C[C@H]5/C=C\CCCCC[C@H]([NH3+])C(=O)N4C3)cc(OC(C)C)nc12. The number of ether oxygens (including phenoxy) is 3. The predicted molar refractivity (Wildman–Crippen MR) is 181 cm³/mol. The van der Waals surface area contributed by atoms with E-state index < -0.39 is 62.0 Å². The number of rotatable bonds is 8. The Labute approximate surface area is 291 Å². The van der Waals surface area contributed by atoms with E-state index in [1.165, 1.54) is 24.1 Å². The monoisotopic (exact) mass is 716 g/mol. The number of hydrogen-bond donors (Lipinski definition) is 3. The van der Waals surface area contributed by atoms with Crippen molar-refractivity contribution in [2.45, 2.75) is 113 Å². The maximum absolute atomic E-state index is 14.7. The van der Waals surface area contributed by atoms with Crippen LogP contribution in [-0.4, -0.2) is 84.3 Å². The van der Waals surface area contributed by atoms with Gasteiger partial charge >= 0.3 is 0 Å². The van der Waals surface area contributed by atoms with Gasteiger partial charge in [0.15, 0.2) is 17.6 Å². The molecule has 3 heterocycles. The zero-order valence-electron chi connectivity index (χ0n) is 29.0. The standard InChI is InChI=1S/C35H46FN5O8S/c1-20(2)48-28-17-27(23-12-13-24(36)30(47-4)29(23)38-28)49-22-16-26-31(42)39-35(33(44)40-50(45,46)34(3)14-15-34)18-21(35)10-8-6-5-7-9-11-25(37)32(43)41(26)19-22/h8,10,12-13,17,20-22,25-26H,5-7,9,11,14-16,18-19,37H2,1-4H3,(H,39,42)(H,40,44)/p+1/b10-8-/t21-,22-,25+,26+,35-/m1/s1. The molecule has 2 aliphatic heterocycles. The van der Waals surface area contributed by atoms with Gasteiger partial charge in [-0.3, -0.25) is 19.1 Å². The molecule has 1 saturated heterocycles. The summed E-state index contributed by atoms with van der Waals surface area (Å²) in [6, 6.07) is 2.71. The van der Waals surface area contributed by atoms with Crippen LogP contribution in [0.15, 0.2) is 30.4 Å². The number of nitrogens with zero attached hydrogens (tertiary/aromatic N) is 2. The quantitative estimate of drug-likeness (QED) is 0.346. The van der Waals surface area contributed by atoms with E-state index in [1.54, 1.807) is 13.0 Å². The van der Waals surface area contributed by atoms with Crippen LogP contribution in [0.5, 0.6) is 17.4 Å². The molecule has 13 nitrogen and oxygen atoms in total. The molecule has 6 rings (SSSR count). The first kappa shape index (κ1) is 35.8. The fourth-order valence-electron chi connectivity index (χ4n) is 6.85. The number of benzene rings is 1. The van der Waals surface area contributed by atoms with E-state index >= 15 is 0 Å². The highest BCUT2D eigenvalue weighted by Gasteiger charge is 2.63. The molecule has 1 aromatic carbocycles. The normalized spacial score (nSPS) is 28.8. The Hall–Kier alpha value is -3.98. The fourth-order valence-corrected chi connectivity index (χ4v) is 8.16. The third-order valence-electron chi connectivity index (χ3n) is 10.3. The highest BCUT2D eigenvalue weighted by atomic mass is 32.2. The Morgan fingerprint density at radius 3 is 2.66 bits per heavy atom. The number of carbonyl (C=O) groups is 3. The molecule has 2 saturated carbocycles. The Morgan fingerprint density at radius 1 is 1.20 bits per heavy atom. The van der Waals surface area contributed by atoms with Crippen LogP contribution in [0, 0.1) is 11.7 Å². The second kappa shape index (κ2) is 13.6. The lowest BCUT2D eigenvalue weighted by Gasteiger charge is -2.27. The van der Waals surface area contributed by atoms with Gasteiger partial charge in [0.1, 0.15) is 29.0 Å². The van der Waals surface area contributed by atoms with Gasteiger partial charge in [0.25, 0.3) is 11.8 Å². The van der Waals surface area contributed by atoms with Crippen LogP contribution in [0.4, 0.5) is 4.39 Å². The number of amides is 3. The second-order valence-corrected chi connectivity index (χ2v) is 16.7. The molecule has 2 aliphatic carbocycles. The van der Waals surface area contributed by atoms with Gasteiger partial charge in [-0.05, 0) is 71.4 Å². The number of sulfonamides is 1. The molecule has 3 amide bonds. The molecule has 50 heavy (non-hydrogen) atoms. The van der Waals surface area contributed by atoms with E-state index in [1.807, 2.05) is 26.0 Å². The van der Waals surface area contributed by atoms with E-state index in [4.69, 9.17) is 14.2 Å². The summed E-state index contributed by atoms with van der Waals surface area (Å²) in [5, 5.41) is 3.33. The van der Waals surface area contributed by atoms with Crippen molar-refractivity contribution in [1.82, 2.24) is 19.9 Å². The minimum Gasteiger partial charge on any atom is -0.491 e. The van der Waals surface area contributed by atoms with Crippen LogP contribution in [0.25, 0.3) is 10.9 Å². The average molecular weight is 717 g/mol. The average Bonchev–Trinajstić information content (AvgIpc) is 3.93. The van der Waals surface area contributed by atoms with Crippen LogP contribution in [0.3, 0.4) is 0 Å². The molecule has 15 heteroatoms. The molecule has 4 aliphatic rings. The summed E-state index contributed by atoms with van der Waals surface area (Å²) in [5.74, 6) is -2.29. The first-order valence-corrected chi connectivity index (χ1v) is 18.9. The summed E-state index contributed by atoms with van der Waals surface area (Å²) in [7, 11) is -2.62. The van der Waals surface area contributed by atoms with Crippen molar-refractivity contribution in [2.75, 3.05) is 13.7 Å². The topological polar surface area (TPSA) is 181 Å². The molecule has 0 spiro atoms. The number of quaternary nitrogens is 1. The maximum Gasteiger partial charge on any atom is 0.281 e. The Balaban J connectivity index is 1.31. The first-order valence-electron chi connectivity index (χ1n) is 17.4. The number of fused-ring (bicyclic) bond motifs is 3.